The fourth-order valence-electron chi connectivity index (χ4n) is 1.97. The van der Waals surface area contributed by atoms with Crippen LogP contribution in [0.2, 0.25) is 0 Å². The average Bonchev–Trinajstić information content (AvgIpc) is 2.38. The second-order valence-electron chi connectivity index (χ2n) is 4.85. The molecule has 1 amide bonds. The average molecular weight is 287 g/mol. The molecule has 0 aromatic carbocycles. The SMILES string of the molecule is C=C(C)C1=C[C@H](O)[C@@H](NC(C)=O)[C@H]([C@H](O)[C@H](O)CO)O1. The zero-order valence-electron chi connectivity index (χ0n) is 11.5. The highest BCUT2D eigenvalue weighted by atomic mass is 16.5. The topological polar surface area (TPSA) is 119 Å². The quantitative estimate of drug-likeness (QED) is 0.416. The Morgan fingerprint density at radius 1 is 1.50 bits per heavy atom. The number of rotatable bonds is 5. The van der Waals surface area contributed by atoms with Crippen LogP contribution in [0, 0.1) is 0 Å². The summed E-state index contributed by atoms with van der Waals surface area (Å²) in [6, 6.07) is -0.938. The third-order valence-electron chi connectivity index (χ3n) is 3.02. The van der Waals surface area contributed by atoms with Crippen molar-refractivity contribution < 1.29 is 30.0 Å². The van der Waals surface area contributed by atoms with Gasteiger partial charge < -0.3 is 30.5 Å². The number of carbonyl (C=O) groups excluding carboxylic acids is 1. The molecule has 1 heterocycles. The van der Waals surface area contributed by atoms with Crippen LogP contribution in [0.5, 0.6) is 0 Å². The van der Waals surface area contributed by atoms with Gasteiger partial charge in [0.05, 0.1) is 18.8 Å². The van der Waals surface area contributed by atoms with Crippen LogP contribution in [-0.4, -0.2) is 63.4 Å². The van der Waals surface area contributed by atoms with Gasteiger partial charge in [0.25, 0.3) is 0 Å². The van der Waals surface area contributed by atoms with Gasteiger partial charge in [-0.15, -0.1) is 0 Å². The molecule has 5 N–H and O–H groups in total. The van der Waals surface area contributed by atoms with E-state index in [2.05, 4.69) is 11.9 Å². The molecule has 0 saturated carbocycles. The Hall–Kier alpha value is -1.41. The van der Waals surface area contributed by atoms with Gasteiger partial charge in [0.15, 0.2) is 0 Å². The number of amides is 1. The summed E-state index contributed by atoms with van der Waals surface area (Å²) in [7, 11) is 0. The lowest BCUT2D eigenvalue weighted by Gasteiger charge is -2.39. The second kappa shape index (κ2) is 6.85. The molecule has 1 aliphatic rings. The predicted octanol–water partition coefficient (Wildman–Crippen LogP) is -1.58. The first-order valence-corrected chi connectivity index (χ1v) is 6.24. The van der Waals surface area contributed by atoms with Crippen LogP contribution in [0.4, 0.5) is 0 Å². The Morgan fingerprint density at radius 2 is 2.10 bits per heavy atom. The fourth-order valence-corrected chi connectivity index (χ4v) is 1.97. The summed E-state index contributed by atoms with van der Waals surface area (Å²) in [4.78, 5) is 11.2. The largest absolute Gasteiger partial charge is 0.485 e. The van der Waals surface area contributed by atoms with Gasteiger partial charge in [-0.05, 0) is 18.6 Å². The molecule has 0 radical (unpaired) electrons. The Bertz CT molecular complexity index is 408. The monoisotopic (exact) mass is 287 g/mol. The minimum absolute atomic E-state index is 0.272. The Balaban J connectivity index is 3.04. The minimum Gasteiger partial charge on any atom is -0.485 e. The molecule has 1 rings (SSSR count). The number of hydrogen-bond donors (Lipinski definition) is 5. The summed E-state index contributed by atoms with van der Waals surface area (Å²) >= 11 is 0. The Kier molecular flexibility index (Phi) is 5.70. The third kappa shape index (κ3) is 3.80. The lowest BCUT2D eigenvalue weighted by atomic mass is 9.93. The molecule has 0 aromatic rings. The van der Waals surface area contributed by atoms with E-state index >= 15 is 0 Å². The number of aliphatic hydroxyl groups is 4. The molecule has 7 nitrogen and oxygen atoms in total. The van der Waals surface area contributed by atoms with Crippen molar-refractivity contribution >= 4 is 5.91 Å². The number of nitrogens with one attached hydrogen (secondary N) is 1. The molecule has 0 bridgehead atoms. The molecule has 0 fully saturated rings. The van der Waals surface area contributed by atoms with E-state index in [9.17, 15) is 20.1 Å². The number of carbonyl (C=O) groups is 1. The summed E-state index contributed by atoms with van der Waals surface area (Å²) in [6.07, 6.45) is -3.77. The molecule has 0 aliphatic carbocycles. The first-order valence-electron chi connectivity index (χ1n) is 6.24. The van der Waals surface area contributed by atoms with Crippen LogP contribution in [0.1, 0.15) is 13.8 Å². The molecule has 1 aliphatic heterocycles. The summed E-state index contributed by atoms with van der Waals surface area (Å²) < 4.78 is 5.48. The van der Waals surface area contributed by atoms with Crippen LogP contribution in [0.25, 0.3) is 0 Å². The van der Waals surface area contributed by atoms with Crippen LogP contribution >= 0.6 is 0 Å². The zero-order valence-corrected chi connectivity index (χ0v) is 11.5. The minimum atomic E-state index is -1.48. The first kappa shape index (κ1) is 16.6. The third-order valence-corrected chi connectivity index (χ3v) is 3.02. The molecule has 7 heteroatoms. The summed E-state index contributed by atoms with van der Waals surface area (Å²) in [6.45, 7) is 5.92. The van der Waals surface area contributed by atoms with Crippen molar-refractivity contribution in [1.82, 2.24) is 5.32 Å². The smallest absolute Gasteiger partial charge is 0.217 e. The summed E-state index contributed by atoms with van der Waals surface area (Å²) in [5, 5.41) is 40.9. The number of hydrogen-bond acceptors (Lipinski definition) is 6. The lowest BCUT2D eigenvalue weighted by Crippen LogP contribution is -2.59. The fraction of sp³-hybridized carbons (Fsp3) is 0.615. The van der Waals surface area contributed by atoms with Gasteiger partial charge >= 0.3 is 0 Å². The highest BCUT2D eigenvalue weighted by Crippen LogP contribution is 2.25. The molecular formula is C13H21NO6. The molecule has 5 atom stereocenters. The van der Waals surface area contributed by atoms with Gasteiger partial charge in [-0.3, -0.25) is 4.79 Å². The van der Waals surface area contributed by atoms with Crippen LogP contribution < -0.4 is 5.32 Å². The maximum Gasteiger partial charge on any atom is 0.217 e. The maximum absolute atomic E-state index is 11.2. The lowest BCUT2D eigenvalue weighted by molar-refractivity contribution is -0.131. The highest BCUT2D eigenvalue weighted by molar-refractivity contribution is 5.73. The van der Waals surface area contributed by atoms with Gasteiger partial charge in [-0.2, -0.15) is 0 Å². The van der Waals surface area contributed by atoms with E-state index in [0.29, 0.717) is 5.57 Å². The Labute approximate surface area is 117 Å². The molecule has 20 heavy (non-hydrogen) atoms. The van der Waals surface area contributed by atoms with Crippen molar-refractivity contribution in [2.24, 2.45) is 0 Å². The molecular weight excluding hydrogens is 266 g/mol. The van der Waals surface area contributed by atoms with E-state index in [4.69, 9.17) is 9.84 Å². The highest BCUT2D eigenvalue weighted by Gasteiger charge is 2.41. The van der Waals surface area contributed by atoms with E-state index < -0.39 is 43.0 Å². The van der Waals surface area contributed by atoms with Gasteiger partial charge in [-0.25, -0.2) is 0 Å². The molecule has 0 spiro atoms. The van der Waals surface area contributed by atoms with Crippen LogP contribution in [0.15, 0.2) is 24.0 Å². The molecule has 0 unspecified atom stereocenters. The van der Waals surface area contributed by atoms with Crippen molar-refractivity contribution in [3.8, 4) is 0 Å². The predicted molar refractivity (Wildman–Crippen MR) is 70.5 cm³/mol. The second-order valence-corrected chi connectivity index (χ2v) is 4.85. The van der Waals surface area contributed by atoms with E-state index in [0.717, 1.165) is 0 Å². The summed E-state index contributed by atoms with van der Waals surface area (Å²) in [5.41, 5.74) is 0.529. The molecule has 0 aromatic heterocycles. The van der Waals surface area contributed by atoms with E-state index in [1.54, 1.807) is 6.92 Å². The first-order chi connectivity index (χ1) is 9.27. The van der Waals surface area contributed by atoms with E-state index in [1.165, 1.54) is 13.0 Å². The van der Waals surface area contributed by atoms with Crippen molar-refractivity contribution in [2.45, 2.75) is 44.3 Å². The van der Waals surface area contributed by atoms with Crippen molar-refractivity contribution in [1.29, 1.82) is 0 Å². The number of allylic oxidation sites excluding steroid dienone is 1. The summed E-state index contributed by atoms with van der Waals surface area (Å²) in [5.74, 6) is -0.145. The number of aliphatic hydroxyl groups excluding tert-OH is 4. The van der Waals surface area contributed by atoms with Crippen LogP contribution in [-0.2, 0) is 9.53 Å². The van der Waals surface area contributed by atoms with Gasteiger partial charge in [-0.1, -0.05) is 6.58 Å². The van der Waals surface area contributed by atoms with E-state index in [1.807, 2.05) is 0 Å². The molecule has 114 valence electrons. The Morgan fingerprint density at radius 3 is 2.55 bits per heavy atom. The zero-order chi connectivity index (χ0) is 15.4. The van der Waals surface area contributed by atoms with Gasteiger partial charge in [0, 0.05) is 6.92 Å². The van der Waals surface area contributed by atoms with Crippen LogP contribution in [0.3, 0.4) is 0 Å². The van der Waals surface area contributed by atoms with E-state index in [-0.39, 0.29) is 5.76 Å². The number of ether oxygens (including phenoxy) is 1. The standard InChI is InChI=1S/C13H21NO6/c1-6(2)10-4-8(17)11(14-7(3)16)13(20-10)12(19)9(18)5-15/h4,8-9,11-13,15,17-19H,1,5H2,2-3H3,(H,14,16)/t8-,9+,11+,12+,13+/m0/s1. The normalized spacial score (nSPS) is 28.9. The van der Waals surface area contributed by atoms with Crippen molar-refractivity contribution in [3.63, 3.8) is 0 Å². The van der Waals surface area contributed by atoms with Gasteiger partial charge in [0.2, 0.25) is 5.91 Å². The van der Waals surface area contributed by atoms with Gasteiger partial charge in [0.1, 0.15) is 24.1 Å². The maximum atomic E-state index is 11.2. The van der Waals surface area contributed by atoms with Crippen molar-refractivity contribution in [2.75, 3.05) is 6.61 Å². The van der Waals surface area contributed by atoms with Crippen molar-refractivity contribution in [3.05, 3.63) is 24.0 Å². The molecule has 0 saturated heterocycles.